The summed E-state index contributed by atoms with van der Waals surface area (Å²) < 4.78 is 11.6. The van der Waals surface area contributed by atoms with Crippen molar-refractivity contribution in [1.82, 2.24) is 9.80 Å². The van der Waals surface area contributed by atoms with E-state index < -0.39 is 0 Å². The van der Waals surface area contributed by atoms with Gasteiger partial charge in [-0.25, -0.2) is 0 Å². The van der Waals surface area contributed by atoms with E-state index >= 15 is 0 Å². The molecule has 0 heterocycles. The first-order valence-electron chi connectivity index (χ1n) is 27.5. The lowest BCUT2D eigenvalue weighted by Crippen LogP contribution is -2.51. The van der Waals surface area contributed by atoms with Gasteiger partial charge in [-0.05, 0) is 144 Å². The lowest BCUT2D eigenvalue weighted by molar-refractivity contribution is -0.151. The van der Waals surface area contributed by atoms with E-state index in [0.717, 1.165) is 144 Å². The highest BCUT2D eigenvalue weighted by Crippen LogP contribution is 2.67. The van der Waals surface area contributed by atoms with Crippen LogP contribution in [0.2, 0.25) is 0 Å². The van der Waals surface area contributed by atoms with Gasteiger partial charge in [0.25, 0.3) is 5.24 Å². The van der Waals surface area contributed by atoms with Gasteiger partial charge in [0.1, 0.15) is 12.7 Å². The topological polar surface area (TPSA) is 76.1 Å². The van der Waals surface area contributed by atoms with Crippen LogP contribution in [0.1, 0.15) is 221 Å². The molecule has 0 aliphatic heterocycles. The smallest absolute Gasteiger partial charge is 0.306 e. The van der Waals surface area contributed by atoms with Gasteiger partial charge < -0.3 is 19.3 Å². The van der Waals surface area contributed by atoms with Crippen molar-refractivity contribution in [2.24, 2.45) is 46.3 Å². The van der Waals surface area contributed by atoms with Crippen molar-refractivity contribution in [3.05, 3.63) is 23.8 Å². The molecule has 8 heteroatoms. The van der Waals surface area contributed by atoms with E-state index in [9.17, 15) is 14.4 Å². The van der Waals surface area contributed by atoms with E-state index in [1.54, 1.807) is 5.57 Å². The Morgan fingerprint density at radius 2 is 1.43 bits per heavy atom. The fraction of sp³-hybridized carbons (Fsp3) is 0.877. The number of thioether (sulfide) groups is 1. The van der Waals surface area contributed by atoms with Gasteiger partial charge >= 0.3 is 11.9 Å². The predicted octanol–water partition coefficient (Wildman–Crippen LogP) is 15.4. The van der Waals surface area contributed by atoms with Crippen LogP contribution in [-0.2, 0) is 19.1 Å². The molecule has 4 aliphatic rings. The molecular formula is C57H100N2O5S. The average molecular weight is 926 g/mol. The third-order valence-corrected chi connectivity index (χ3v) is 17.8. The molecule has 0 N–H and O–H groups in total. The normalized spacial score (nSPS) is 26.7. The summed E-state index contributed by atoms with van der Waals surface area (Å²) in [5.74, 6) is 5.76. The number of ether oxygens (including phenoxy) is 2. The molecule has 0 saturated heterocycles. The van der Waals surface area contributed by atoms with Gasteiger partial charge in [-0.15, -0.1) is 0 Å². The van der Waals surface area contributed by atoms with Crippen LogP contribution >= 0.6 is 11.8 Å². The number of hydrogen-bond acceptors (Lipinski definition) is 7. The molecule has 1 amide bonds. The van der Waals surface area contributed by atoms with E-state index in [0.29, 0.717) is 24.9 Å². The van der Waals surface area contributed by atoms with Crippen LogP contribution in [0.3, 0.4) is 0 Å². The highest BCUT2D eigenvalue weighted by atomic mass is 32.2. The number of unbranched alkanes of at least 4 members (excludes halogenated alkanes) is 12. The number of rotatable bonds is 32. The van der Waals surface area contributed by atoms with E-state index in [4.69, 9.17) is 9.47 Å². The summed E-state index contributed by atoms with van der Waals surface area (Å²) in [5, 5.41) is 0.195. The summed E-state index contributed by atoms with van der Waals surface area (Å²) in [6.07, 6.45) is 38.1. The number of carbonyl (C=O) groups is 3. The summed E-state index contributed by atoms with van der Waals surface area (Å²) in [7, 11) is 4.10. The van der Waals surface area contributed by atoms with Gasteiger partial charge in [-0.3, -0.25) is 14.4 Å². The fourth-order valence-corrected chi connectivity index (χ4v) is 14.0. The molecule has 0 aromatic rings. The maximum absolute atomic E-state index is 13.2. The first-order chi connectivity index (χ1) is 31.3. The van der Waals surface area contributed by atoms with Crippen molar-refractivity contribution in [2.45, 2.75) is 227 Å². The van der Waals surface area contributed by atoms with Gasteiger partial charge in [0.15, 0.2) is 0 Å². The van der Waals surface area contributed by atoms with Crippen LogP contribution < -0.4 is 0 Å². The van der Waals surface area contributed by atoms with Gasteiger partial charge in [0.05, 0.1) is 0 Å². The third-order valence-electron chi connectivity index (χ3n) is 16.9. The van der Waals surface area contributed by atoms with Crippen molar-refractivity contribution in [1.29, 1.82) is 0 Å². The highest BCUT2D eigenvalue weighted by Gasteiger charge is 2.59. The van der Waals surface area contributed by atoms with Gasteiger partial charge in [-0.1, -0.05) is 154 Å². The molecule has 3 fully saturated rings. The molecule has 374 valence electrons. The minimum Gasteiger partial charge on any atom is -0.462 e. The number of amides is 1. The predicted molar refractivity (Wildman–Crippen MR) is 275 cm³/mol. The van der Waals surface area contributed by atoms with E-state index in [2.05, 4.69) is 63.5 Å². The number of nitrogens with zero attached hydrogens (tertiary/aromatic N) is 2. The monoisotopic (exact) mass is 925 g/mol. The Hall–Kier alpha value is -1.80. The summed E-state index contributed by atoms with van der Waals surface area (Å²) in [5.41, 5.74) is 2.40. The minimum absolute atomic E-state index is 0.0106. The van der Waals surface area contributed by atoms with Crippen molar-refractivity contribution in [3.63, 3.8) is 0 Å². The molecule has 7 nitrogen and oxygen atoms in total. The second kappa shape index (κ2) is 29.9. The van der Waals surface area contributed by atoms with Crippen molar-refractivity contribution in [2.75, 3.05) is 46.1 Å². The summed E-state index contributed by atoms with van der Waals surface area (Å²) in [6, 6.07) is 0. The van der Waals surface area contributed by atoms with Crippen LogP contribution in [0.25, 0.3) is 0 Å². The number of carbonyl (C=O) groups excluding carboxylic acids is 3. The average Bonchev–Trinajstić information content (AvgIpc) is 3.63. The highest BCUT2D eigenvalue weighted by molar-refractivity contribution is 8.13. The molecule has 3 saturated carbocycles. The summed E-state index contributed by atoms with van der Waals surface area (Å²) >= 11 is 1.44. The zero-order chi connectivity index (χ0) is 47.1. The minimum atomic E-state index is -0.102. The van der Waals surface area contributed by atoms with Crippen molar-refractivity contribution < 1.29 is 23.9 Å². The van der Waals surface area contributed by atoms with E-state index in [-0.39, 0.29) is 28.7 Å². The molecule has 0 aromatic heterocycles. The Morgan fingerprint density at radius 1 is 0.754 bits per heavy atom. The zero-order valence-electron chi connectivity index (χ0n) is 43.5. The lowest BCUT2D eigenvalue weighted by atomic mass is 9.47. The van der Waals surface area contributed by atoms with Crippen LogP contribution in [0, 0.1) is 46.3 Å². The Bertz CT molecular complexity index is 1450. The number of allylic oxidation sites excluding steroid dienone is 2. The molecule has 4 rings (SSSR count). The zero-order valence-corrected chi connectivity index (χ0v) is 44.3. The van der Waals surface area contributed by atoms with Crippen LogP contribution in [0.5, 0.6) is 0 Å². The maximum atomic E-state index is 13.2. The molecule has 0 spiro atoms. The standard InChI is InChI=1S/C57H100N2O5S/c1-9-10-11-12-13-20-25-42-63-53(60)29-21-16-14-18-23-39-59(55(62)65-43-41-58(7)8)40-24-19-15-17-22-30-54(61)64-48-35-37-56(5)47(44-48)31-32-49-51-34-33-50(46(4)28-26-27-45(2)3)57(51,6)38-36-52(49)56/h20,25,31,45-46,48-52H,9-19,21-24,26-30,32-44H2,1-8H3/b25-20-/t46-,48+,49+,50-,51+,52+,56+,57-/m1/s1. The Labute approximate surface area is 404 Å². The summed E-state index contributed by atoms with van der Waals surface area (Å²) in [4.78, 5) is 42.6. The Kier molecular flexibility index (Phi) is 25.7. The van der Waals surface area contributed by atoms with E-state index in [1.807, 2.05) is 20.2 Å². The molecule has 8 atom stereocenters. The molecule has 0 radical (unpaired) electrons. The quantitative estimate of drug-likeness (QED) is 0.0378. The second-order valence-electron chi connectivity index (χ2n) is 22.6. The summed E-state index contributed by atoms with van der Waals surface area (Å²) in [6.45, 7) is 17.7. The second-order valence-corrected chi connectivity index (χ2v) is 23.6. The Morgan fingerprint density at radius 3 is 2.12 bits per heavy atom. The van der Waals surface area contributed by atoms with Crippen LogP contribution in [-0.4, -0.2) is 79.2 Å². The molecule has 0 bridgehead atoms. The van der Waals surface area contributed by atoms with Gasteiger partial charge in [0.2, 0.25) is 0 Å². The molecular weight excluding hydrogens is 825 g/mol. The van der Waals surface area contributed by atoms with Crippen LogP contribution in [0.4, 0.5) is 4.79 Å². The number of hydrogen-bond donors (Lipinski definition) is 0. The van der Waals surface area contributed by atoms with E-state index in [1.165, 1.54) is 95.2 Å². The van der Waals surface area contributed by atoms with Crippen molar-refractivity contribution in [3.8, 4) is 0 Å². The number of fused-ring (bicyclic) bond motifs is 5. The first-order valence-corrected chi connectivity index (χ1v) is 28.5. The lowest BCUT2D eigenvalue weighted by Gasteiger charge is -2.58. The van der Waals surface area contributed by atoms with Crippen LogP contribution in [0.15, 0.2) is 23.8 Å². The van der Waals surface area contributed by atoms with Gasteiger partial charge in [-0.2, -0.15) is 0 Å². The molecule has 0 aromatic carbocycles. The first kappa shape index (κ1) is 55.8. The maximum Gasteiger partial charge on any atom is 0.306 e. The molecule has 4 aliphatic carbocycles. The Balaban J connectivity index is 1.08. The van der Waals surface area contributed by atoms with Crippen molar-refractivity contribution >= 4 is 28.9 Å². The third kappa shape index (κ3) is 18.6. The SMILES string of the molecule is CCCCCC/C=C\COC(=O)CCCCCCCN(CCCCCCCC(=O)O[C@H]1CC[C@@]2(C)C(=CC[C@H]3[C@@H]4CC[C@H]([C@H](C)CCCC(C)C)[C@@]4(C)CC[C@@H]32)C1)C(=O)SCCN(C)C. The molecule has 0 unspecified atom stereocenters. The van der Waals surface area contributed by atoms with Gasteiger partial charge in [0, 0.05) is 44.6 Å². The largest absolute Gasteiger partial charge is 0.462 e. The fourth-order valence-electron chi connectivity index (χ4n) is 13.0. The molecule has 65 heavy (non-hydrogen) atoms. The number of esters is 2.